The molecule has 0 saturated heterocycles. The summed E-state index contributed by atoms with van der Waals surface area (Å²) in [4.78, 5) is 24.4. The Hall–Kier alpha value is -2.40. The van der Waals surface area contributed by atoms with Crippen molar-refractivity contribution in [3.05, 3.63) is 65.7 Å². The Bertz CT molecular complexity index is 798. The van der Waals surface area contributed by atoms with Crippen molar-refractivity contribution in [2.45, 2.75) is 70.6 Å². The molecule has 0 fully saturated rings. The Balaban J connectivity index is 1.58. The molecule has 2 amide bonds. The minimum Gasteiger partial charge on any atom is -0.385 e. The molecule has 2 N–H and O–H groups in total. The Morgan fingerprint density at radius 2 is 1.19 bits per heavy atom. The van der Waals surface area contributed by atoms with Gasteiger partial charge in [0, 0.05) is 31.4 Å². The highest BCUT2D eigenvalue weighted by molar-refractivity contribution is 6.76. The van der Waals surface area contributed by atoms with Gasteiger partial charge in [0.15, 0.2) is 0 Å². The summed E-state index contributed by atoms with van der Waals surface area (Å²) in [5.74, 6) is -0.769. The van der Waals surface area contributed by atoms with Gasteiger partial charge in [-0.05, 0) is 42.8 Å². The van der Waals surface area contributed by atoms with Gasteiger partial charge >= 0.3 is 0 Å². The second kappa shape index (κ2) is 13.1. The minimum atomic E-state index is -0.853. The molecule has 0 unspecified atom stereocenters. The predicted molar refractivity (Wildman–Crippen MR) is 134 cm³/mol. The van der Waals surface area contributed by atoms with E-state index in [1.807, 2.05) is 18.2 Å². The van der Waals surface area contributed by atoms with Gasteiger partial charge in [-0.1, -0.05) is 82.4 Å². The highest BCUT2D eigenvalue weighted by atomic mass is 28.3. The van der Waals surface area contributed by atoms with Crippen molar-refractivity contribution in [3.63, 3.8) is 0 Å². The van der Waals surface area contributed by atoms with Crippen molar-refractivity contribution in [1.29, 1.82) is 0 Å². The maximum atomic E-state index is 12.3. The van der Waals surface area contributed by atoms with E-state index in [0.29, 0.717) is 11.1 Å². The Morgan fingerprint density at radius 1 is 0.677 bits per heavy atom. The van der Waals surface area contributed by atoms with E-state index in [9.17, 15) is 9.59 Å². The molecule has 2 aromatic carbocycles. The maximum Gasteiger partial charge on any atom is 0.258 e. The van der Waals surface area contributed by atoms with E-state index in [0.717, 1.165) is 18.7 Å². The summed E-state index contributed by atoms with van der Waals surface area (Å²) in [6.45, 7) is 8.30. The molecule has 4 nitrogen and oxygen atoms in total. The average Bonchev–Trinajstić information content (AvgIpc) is 2.75. The fourth-order valence-corrected chi connectivity index (χ4v) is 4.78. The van der Waals surface area contributed by atoms with Gasteiger partial charge < -0.3 is 5.32 Å². The lowest BCUT2D eigenvalue weighted by Gasteiger charge is -2.14. The standard InChI is InChI=1S/C26H38N2O2Si/c1-31(2,3)21-13-8-6-4-5-7-12-20-27-24-18-16-23(17-19-24)26(30)28-25(29)22-14-10-9-11-15-22/h9-11,14-19,27H,4-8,12-13,20-21H2,1-3H3,(H,28,29,30). The largest absolute Gasteiger partial charge is 0.385 e. The molecular formula is C26H38N2O2Si. The molecule has 0 radical (unpaired) electrons. The second-order valence-corrected chi connectivity index (χ2v) is 15.1. The van der Waals surface area contributed by atoms with Gasteiger partial charge in [-0.15, -0.1) is 0 Å². The summed E-state index contributed by atoms with van der Waals surface area (Å²) in [5.41, 5.74) is 1.95. The van der Waals surface area contributed by atoms with Crippen LogP contribution in [0, 0.1) is 0 Å². The Morgan fingerprint density at radius 3 is 1.77 bits per heavy atom. The van der Waals surface area contributed by atoms with Crippen LogP contribution >= 0.6 is 0 Å². The Labute approximate surface area is 188 Å². The number of carbonyl (C=O) groups excluding carboxylic acids is 2. The first-order chi connectivity index (χ1) is 14.8. The summed E-state index contributed by atoms with van der Waals surface area (Å²) in [6.07, 6.45) is 9.23. The third-order valence-corrected chi connectivity index (χ3v) is 7.20. The summed E-state index contributed by atoms with van der Waals surface area (Å²) < 4.78 is 0. The molecule has 2 rings (SSSR count). The molecule has 0 spiro atoms. The second-order valence-electron chi connectivity index (χ2n) is 9.44. The zero-order valence-electron chi connectivity index (χ0n) is 19.4. The maximum absolute atomic E-state index is 12.3. The van der Waals surface area contributed by atoms with E-state index in [4.69, 9.17) is 0 Å². The number of rotatable bonds is 13. The number of hydrogen-bond acceptors (Lipinski definition) is 3. The van der Waals surface area contributed by atoms with E-state index in [2.05, 4.69) is 30.3 Å². The summed E-state index contributed by atoms with van der Waals surface area (Å²) in [6, 6.07) is 17.5. The van der Waals surface area contributed by atoms with Crippen molar-refractivity contribution in [1.82, 2.24) is 5.32 Å². The highest BCUT2D eigenvalue weighted by Crippen LogP contribution is 2.16. The van der Waals surface area contributed by atoms with Crippen LogP contribution in [0.25, 0.3) is 0 Å². The molecule has 0 atom stereocenters. The zero-order chi connectivity index (χ0) is 22.5. The van der Waals surface area contributed by atoms with Crippen molar-refractivity contribution < 1.29 is 9.59 Å². The topological polar surface area (TPSA) is 58.2 Å². The molecule has 0 aliphatic carbocycles. The van der Waals surface area contributed by atoms with Crippen LogP contribution < -0.4 is 10.6 Å². The van der Waals surface area contributed by atoms with Gasteiger partial charge in [0.2, 0.25) is 0 Å². The molecule has 0 aliphatic heterocycles. The highest BCUT2D eigenvalue weighted by Gasteiger charge is 2.12. The van der Waals surface area contributed by atoms with E-state index in [-0.39, 0.29) is 11.8 Å². The van der Waals surface area contributed by atoms with Gasteiger partial charge in [-0.25, -0.2) is 0 Å². The molecule has 168 valence electrons. The molecule has 0 heterocycles. The van der Waals surface area contributed by atoms with Gasteiger partial charge in [-0.2, -0.15) is 0 Å². The number of benzene rings is 2. The summed E-state index contributed by atoms with van der Waals surface area (Å²) >= 11 is 0. The molecular weight excluding hydrogens is 400 g/mol. The monoisotopic (exact) mass is 438 g/mol. The molecule has 0 aliphatic rings. The van der Waals surface area contributed by atoms with Gasteiger partial charge in [-0.3, -0.25) is 14.9 Å². The number of imide groups is 1. The molecule has 0 bridgehead atoms. The van der Waals surface area contributed by atoms with Crippen molar-refractivity contribution in [3.8, 4) is 0 Å². The first-order valence-corrected chi connectivity index (χ1v) is 15.3. The quantitative estimate of drug-likeness (QED) is 0.207. The first-order valence-electron chi connectivity index (χ1n) is 11.6. The number of nitrogens with one attached hydrogen (secondary N) is 2. The SMILES string of the molecule is C[Si](C)(C)CCCCCCCCCNc1ccc(C(=O)NC(=O)c2ccccc2)cc1. The number of amides is 2. The third-order valence-electron chi connectivity index (χ3n) is 5.34. The van der Waals surface area contributed by atoms with Crippen LogP contribution in [0.3, 0.4) is 0 Å². The molecule has 2 aromatic rings. The van der Waals surface area contributed by atoms with Crippen LogP contribution in [0.5, 0.6) is 0 Å². The molecule has 0 saturated carbocycles. The third kappa shape index (κ3) is 10.4. The van der Waals surface area contributed by atoms with Crippen molar-refractivity contribution in [2.24, 2.45) is 0 Å². The smallest absolute Gasteiger partial charge is 0.258 e. The summed E-state index contributed by atoms with van der Waals surface area (Å²) in [7, 11) is -0.853. The number of unbranched alkanes of at least 4 members (excludes halogenated alkanes) is 6. The van der Waals surface area contributed by atoms with Gasteiger partial charge in [0.1, 0.15) is 0 Å². The van der Waals surface area contributed by atoms with Crippen LogP contribution in [-0.2, 0) is 0 Å². The lowest BCUT2D eigenvalue weighted by Crippen LogP contribution is -2.30. The minimum absolute atomic E-state index is 0.384. The fourth-order valence-electron chi connectivity index (χ4n) is 3.47. The van der Waals surface area contributed by atoms with E-state index >= 15 is 0 Å². The lowest BCUT2D eigenvalue weighted by molar-refractivity contribution is 0.0849. The van der Waals surface area contributed by atoms with E-state index in [1.165, 1.54) is 44.6 Å². The normalized spacial score (nSPS) is 11.2. The van der Waals surface area contributed by atoms with Crippen LogP contribution in [-0.4, -0.2) is 26.4 Å². The number of hydrogen-bond donors (Lipinski definition) is 2. The van der Waals surface area contributed by atoms with Crippen molar-refractivity contribution in [2.75, 3.05) is 11.9 Å². The van der Waals surface area contributed by atoms with Crippen LogP contribution in [0.15, 0.2) is 54.6 Å². The zero-order valence-corrected chi connectivity index (χ0v) is 20.4. The first kappa shape index (κ1) is 24.9. The Kier molecular flexibility index (Phi) is 10.5. The van der Waals surface area contributed by atoms with Crippen LogP contribution in [0.2, 0.25) is 25.7 Å². The summed E-state index contributed by atoms with van der Waals surface area (Å²) in [5, 5.41) is 5.84. The van der Waals surface area contributed by atoms with Crippen molar-refractivity contribution >= 4 is 25.6 Å². The average molecular weight is 439 g/mol. The fraction of sp³-hybridized carbons (Fsp3) is 0.462. The van der Waals surface area contributed by atoms with E-state index < -0.39 is 8.07 Å². The van der Waals surface area contributed by atoms with Crippen LogP contribution in [0.1, 0.15) is 65.7 Å². The molecule has 5 heteroatoms. The molecule has 31 heavy (non-hydrogen) atoms. The number of anilines is 1. The van der Waals surface area contributed by atoms with Crippen LogP contribution in [0.4, 0.5) is 5.69 Å². The number of carbonyl (C=O) groups is 2. The van der Waals surface area contributed by atoms with E-state index in [1.54, 1.807) is 36.4 Å². The lowest BCUT2D eigenvalue weighted by atomic mass is 10.1. The van der Waals surface area contributed by atoms with Gasteiger partial charge in [0.05, 0.1) is 0 Å². The van der Waals surface area contributed by atoms with Gasteiger partial charge in [0.25, 0.3) is 11.8 Å². The molecule has 0 aromatic heterocycles. The predicted octanol–water partition coefficient (Wildman–Crippen LogP) is 6.74.